The predicted octanol–water partition coefficient (Wildman–Crippen LogP) is 2.56. The molecular formula is C15H16N4S. The normalized spacial score (nSPS) is 12.7. The topological polar surface area (TPSA) is 56.2 Å². The fourth-order valence-electron chi connectivity index (χ4n) is 2.12. The lowest BCUT2D eigenvalue weighted by molar-refractivity contribution is 0.781. The molecule has 2 aromatic heterocycles. The van der Waals surface area contributed by atoms with Gasteiger partial charge in [0, 0.05) is 17.9 Å². The Bertz CT molecular complexity index is 680. The van der Waals surface area contributed by atoms with Crippen LogP contribution in [0.1, 0.15) is 11.5 Å². The molecule has 1 unspecified atom stereocenters. The van der Waals surface area contributed by atoms with Crippen LogP contribution < -0.4 is 5.73 Å². The average molecular weight is 284 g/mol. The Labute approximate surface area is 122 Å². The van der Waals surface area contributed by atoms with Gasteiger partial charge in [-0.3, -0.25) is 4.40 Å². The van der Waals surface area contributed by atoms with Gasteiger partial charge in [0.1, 0.15) is 0 Å². The second-order valence-electron chi connectivity index (χ2n) is 4.57. The fraction of sp³-hybridized carbons (Fsp3) is 0.200. The van der Waals surface area contributed by atoms with Crippen molar-refractivity contribution in [3.8, 4) is 0 Å². The van der Waals surface area contributed by atoms with Crippen molar-refractivity contribution < 1.29 is 0 Å². The maximum Gasteiger partial charge on any atom is 0.195 e. The molecule has 2 N–H and O–H groups in total. The van der Waals surface area contributed by atoms with E-state index in [4.69, 9.17) is 5.73 Å². The van der Waals surface area contributed by atoms with E-state index in [9.17, 15) is 0 Å². The number of thioether (sulfide) groups is 1. The minimum absolute atomic E-state index is 0.331. The van der Waals surface area contributed by atoms with Crippen molar-refractivity contribution in [2.75, 3.05) is 12.3 Å². The number of nitrogens with two attached hydrogens (primary N) is 1. The molecule has 0 spiro atoms. The molecule has 0 saturated heterocycles. The van der Waals surface area contributed by atoms with Gasteiger partial charge in [-0.1, -0.05) is 48.2 Å². The number of hydrogen-bond donors (Lipinski definition) is 1. The van der Waals surface area contributed by atoms with E-state index in [0.29, 0.717) is 12.5 Å². The second kappa shape index (κ2) is 6.07. The molecule has 102 valence electrons. The minimum atomic E-state index is 0.331. The van der Waals surface area contributed by atoms with E-state index >= 15 is 0 Å². The molecule has 4 nitrogen and oxygen atoms in total. The van der Waals surface area contributed by atoms with Crippen LogP contribution in [0.4, 0.5) is 0 Å². The third-order valence-corrected chi connectivity index (χ3v) is 4.36. The van der Waals surface area contributed by atoms with E-state index in [-0.39, 0.29) is 0 Å². The molecule has 5 heteroatoms. The molecule has 0 fully saturated rings. The van der Waals surface area contributed by atoms with Crippen molar-refractivity contribution in [2.24, 2.45) is 5.73 Å². The molecule has 0 amide bonds. The van der Waals surface area contributed by atoms with Crippen LogP contribution >= 0.6 is 11.8 Å². The highest BCUT2D eigenvalue weighted by Gasteiger charge is 2.12. The SMILES string of the molecule is NCC(CSc1nnc2ccccn12)c1ccccc1. The van der Waals surface area contributed by atoms with Gasteiger partial charge < -0.3 is 5.73 Å². The molecule has 0 aliphatic carbocycles. The Morgan fingerprint density at radius 2 is 1.85 bits per heavy atom. The number of hydrogen-bond acceptors (Lipinski definition) is 4. The lowest BCUT2D eigenvalue weighted by Gasteiger charge is -2.13. The Morgan fingerprint density at radius 1 is 1.05 bits per heavy atom. The average Bonchev–Trinajstić information content (AvgIpc) is 2.92. The zero-order valence-electron chi connectivity index (χ0n) is 11.0. The van der Waals surface area contributed by atoms with Crippen molar-refractivity contribution >= 4 is 17.4 Å². The second-order valence-corrected chi connectivity index (χ2v) is 5.55. The first-order chi connectivity index (χ1) is 9.88. The summed E-state index contributed by atoms with van der Waals surface area (Å²) in [6.45, 7) is 0.633. The van der Waals surface area contributed by atoms with Crippen LogP contribution in [0.25, 0.3) is 5.65 Å². The predicted molar refractivity (Wildman–Crippen MR) is 81.9 cm³/mol. The summed E-state index contributed by atoms with van der Waals surface area (Å²) in [7, 11) is 0. The minimum Gasteiger partial charge on any atom is -0.330 e. The van der Waals surface area contributed by atoms with Crippen LogP contribution in [-0.2, 0) is 0 Å². The summed E-state index contributed by atoms with van der Waals surface area (Å²) in [5.41, 5.74) is 8.05. The molecule has 0 aliphatic heterocycles. The van der Waals surface area contributed by atoms with Gasteiger partial charge in [-0.25, -0.2) is 0 Å². The van der Waals surface area contributed by atoms with Crippen molar-refractivity contribution in [3.05, 3.63) is 60.3 Å². The first kappa shape index (κ1) is 13.1. The highest BCUT2D eigenvalue weighted by atomic mass is 32.2. The third kappa shape index (κ3) is 2.69. The number of benzene rings is 1. The molecule has 0 radical (unpaired) electrons. The maximum atomic E-state index is 5.90. The highest BCUT2D eigenvalue weighted by Crippen LogP contribution is 2.24. The van der Waals surface area contributed by atoms with Crippen molar-refractivity contribution in [1.82, 2.24) is 14.6 Å². The Kier molecular flexibility index (Phi) is 3.99. The molecule has 0 saturated carbocycles. The van der Waals surface area contributed by atoms with Gasteiger partial charge in [0.25, 0.3) is 0 Å². The van der Waals surface area contributed by atoms with Crippen LogP contribution in [0.3, 0.4) is 0 Å². The lowest BCUT2D eigenvalue weighted by Crippen LogP contribution is -2.14. The van der Waals surface area contributed by atoms with Gasteiger partial charge in [0.2, 0.25) is 0 Å². The van der Waals surface area contributed by atoms with Gasteiger partial charge in [0.05, 0.1) is 0 Å². The zero-order chi connectivity index (χ0) is 13.8. The highest BCUT2D eigenvalue weighted by molar-refractivity contribution is 7.99. The first-order valence-corrected chi connectivity index (χ1v) is 7.54. The summed E-state index contributed by atoms with van der Waals surface area (Å²) in [6.07, 6.45) is 1.98. The van der Waals surface area contributed by atoms with E-state index in [1.54, 1.807) is 11.8 Å². The van der Waals surface area contributed by atoms with Gasteiger partial charge in [0.15, 0.2) is 10.8 Å². The monoisotopic (exact) mass is 284 g/mol. The molecular weight excluding hydrogens is 268 g/mol. The van der Waals surface area contributed by atoms with Crippen molar-refractivity contribution in [3.63, 3.8) is 0 Å². The summed E-state index contributed by atoms with van der Waals surface area (Å²) >= 11 is 1.69. The molecule has 3 rings (SSSR count). The van der Waals surface area contributed by atoms with Crippen LogP contribution in [0.5, 0.6) is 0 Å². The fourth-order valence-corrected chi connectivity index (χ4v) is 3.19. The Hall–Kier alpha value is -1.85. The standard InChI is InChI=1S/C15H16N4S/c16-10-13(12-6-2-1-3-7-12)11-20-15-18-17-14-8-4-5-9-19(14)15/h1-9,13H,10-11,16H2. The van der Waals surface area contributed by atoms with Gasteiger partial charge in [-0.2, -0.15) is 0 Å². The van der Waals surface area contributed by atoms with Gasteiger partial charge in [-0.15, -0.1) is 10.2 Å². The Balaban J connectivity index is 1.75. The van der Waals surface area contributed by atoms with Gasteiger partial charge in [-0.05, 0) is 24.2 Å². The van der Waals surface area contributed by atoms with Crippen LogP contribution in [-0.4, -0.2) is 26.9 Å². The lowest BCUT2D eigenvalue weighted by atomic mass is 10.0. The molecule has 2 heterocycles. The van der Waals surface area contributed by atoms with E-state index in [0.717, 1.165) is 16.6 Å². The summed E-state index contributed by atoms with van der Waals surface area (Å²) < 4.78 is 2.00. The number of aromatic nitrogens is 3. The smallest absolute Gasteiger partial charge is 0.195 e. The van der Waals surface area contributed by atoms with E-state index in [1.807, 2.05) is 34.9 Å². The van der Waals surface area contributed by atoms with Crippen LogP contribution in [0.15, 0.2) is 59.9 Å². The largest absolute Gasteiger partial charge is 0.330 e. The van der Waals surface area contributed by atoms with Crippen molar-refractivity contribution in [2.45, 2.75) is 11.1 Å². The number of fused-ring (bicyclic) bond motifs is 1. The van der Waals surface area contributed by atoms with Gasteiger partial charge >= 0.3 is 0 Å². The summed E-state index contributed by atoms with van der Waals surface area (Å²) in [5.74, 6) is 1.23. The molecule has 3 aromatic rings. The van der Waals surface area contributed by atoms with E-state index in [1.165, 1.54) is 5.56 Å². The molecule has 0 aliphatic rings. The molecule has 20 heavy (non-hydrogen) atoms. The quantitative estimate of drug-likeness (QED) is 0.732. The zero-order valence-corrected chi connectivity index (χ0v) is 11.8. The molecule has 0 bridgehead atoms. The van der Waals surface area contributed by atoms with Crippen LogP contribution in [0, 0.1) is 0 Å². The van der Waals surface area contributed by atoms with Crippen LogP contribution in [0.2, 0.25) is 0 Å². The van der Waals surface area contributed by atoms with E-state index in [2.05, 4.69) is 34.5 Å². The summed E-state index contributed by atoms with van der Waals surface area (Å²) in [6, 6.07) is 16.3. The number of nitrogens with zero attached hydrogens (tertiary/aromatic N) is 3. The third-order valence-electron chi connectivity index (χ3n) is 3.25. The number of rotatable bonds is 5. The number of pyridine rings is 1. The summed E-state index contributed by atoms with van der Waals surface area (Å²) in [4.78, 5) is 0. The Morgan fingerprint density at radius 3 is 2.65 bits per heavy atom. The molecule has 1 atom stereocenters. The maximum absolute atomic E-state index is 5.90. The summed E-state index contributed by atoms with van der Waals surface area (Å²) in [5, 5.41) is 9.30. The van der Waals surface area contributed by atoms with Crippen molar-refractivity contribution in [1.29, 1.82) is 0 Å². The first-order valence-electron chi connectivity index (χ1n) is 6.56. The van der Waals surface area contributed by atoms with E-state index < -0.39 is 0 Å². The molecule has 1 aromatic carbocycles.